The number of halogens is 1. The second kappa shape index (κ2) is 11.8. The zero-order valence-corrected chi connectivity index (χ0v) is 24.3. The predicted octanol–water partition coefficient (Wildman–Crippen LogP) is 3.59. The molecule has 0 bridgehead atoms. The van der Waals surface area contributed by atoms with E-state index in [1.165, 1.54) is 59.2 Å². The van der Waals surface area contributed by atoms with Crippen LogP contribution in [-0.2, 0) is 20.0 Å². The van der Waals surface area contributed by atoms with Crippen molar-refractivity contribution in [3.8, 4) is 22.6 Å². The van der Waals surface area contributed by atoms with Crippen molar-refractivity contribution in [3.05, 3.63) is 72.5 Å². The zero-order chi connectivity index (χ0) is 29.2. The Balaban J connectivity index is 1.76. The van der Waals surface area contributed by atoms with E-state index in [9.17, 15) is 26.3 Å². The molecule has 0 unspecified atom stereocenters. The molecule has 0 radical (unpaired) electrons. The van der Waals surface area contributed by atoms with Gasteiger partial charge in [0, 0.05) is 25.6 Å². The number of hydrogen-bond acceptors (Lipinski definition) is 7. The van der Waals surface area contributed by atoms with Crippen molar-refractivity contribution in [1.29, 1.82) is 0 Å². The smallest absolute Gasteiger partial charge is 0.247 e. The fourth-order valence-corrected chi connectivity index (χ4v) is 7.58. The van der Waals surface area contributed by atoms with Crippen molar-refractivity contribution in [3.63, 3.8) is 0 Å². The third kappa shape index (κ3) is 6.01. The van der Waals surface area contributed by atoms with E-state index < -0.39 is 50.5 Å². The van der Waals surface area contributed by atoms with Gasteiger partial charge in [0.25, 0.3) is 0 Å². The van der Waals surface area contributed by atoms with Crippen molar-refractivity contribution in [2.24, 2.45) is 5.92 Å². The number of benzene rings is 3. The minimum absolute atomic E-state index is 0.00373. The number of nitrogens with zero attached hydrogens (tertiary/aromatic N) is 2. The van der Waals surface area contributed by atoms with Crippen LogP contribution in [0, 0.1) is 11.7 Å². The lowest BCUT2D eigenvalue weighted by Gasteiger charge is -2.37. The van der Waals surface area contributed by atoms with Crippen LogP contribution in [0.25, 0.3) is 11.1 Å². The molecule has 0 fully saturated rings. The van der Waals surface area contributed by atoms with E-state index in [-0.39, 0.29) is 28.6 Å². The van der Waals surface area contributed by atoms with Crippen molar-refractivity contribution in [2.75, 3.05) is 33.9 Å². The van der Waals surface area contributed by atoms with E-state index >= 15 is 0 Å². The van der Waals surface area contributed by atoms with Gasteiger partial charge in [-0.3, -0.25) is 0 Å². The van der Waals surface area contributed by atoms with Crippen LogP contribution in [-0.4, -0.2) is 76.6 Å². The summed E-state index contributed by atoms with van der Waals surface area (Å²) in [5.41, 5.74) is 1.05. The zero-order valence-electron chi connectivity index (χ0n) is 22.7. The van der Waals surface area contributed by atoms with E-state index in [2.05, 4.69) is 0 Å². The van der Waals surface area contributed by atoms with Gasteiger partial charge < -0.3 is 14.6 Å². The molecule has 1 N–H and O–H groups in total. The number of ether oxygens (including phenoxy) is 2. The summed E-state index contributed by atoms with van der Waals surface area (Å²) >= 11 is 0. The van der Waals surface area contributed by atoms with E-state index in [1.54, 1.807) is 44.2 Å². The Morgan fingerprint density at radius 3 is 2.42 bits per heavy atom. The summed E-state index contributed by atoms with van der Waals surface area (Å²) in [6, 6.07) is 15.6. The molecule has 12 heteroatoms. The lowest BCUT2D eigenvalue weighted by molar-refractivity contribution is 0.0905. The molecule has 40 heavy (non-hydrogen) atoms. The molecule has 3 aromatic rings. The van der Waals surface area contributed by atoms with Crippen LogP contribution in [0.1, 0.15) is 13.8 Å². The van der Waals surface area contributed by atoms with Gasteiger partial charge in [0.15, 0.2) is 0 Å². The summed E-state index contributed by atoms with van der Waals surface area (Å²) in [6.07, 6.45) is -0.761. The average molecular weight is 593 g/mol. The molecule has 0 saturated carbocycles. The van der Waals surface area contributed by atoms with Crippen LogP contribution >= 0.6 is 0 Å². The number of rotatable bonds is 8. The molecule has 0 aliphatic carbocycles. The van der Waals surface area contributed by atoms with E-state index in [4.69, 9.17) is 9.47 Å². The summed E-state index contributed by atoms with van der Waals surface area (Å²) in [5, 5.41) is 9.85. The molecule has 216 valence electrons. The van der Waals surface area contributed by atoms with Gasteiger partial charge in [-0.05, 0) is 66.6 Å². The Morgan fingerprint density at radius 1 is 1.12 bits per heavy atom. The van der Waals surface area contributed by atoms with Crippen LogP contribution in [0.15, 0.2) is 76.5 Å². The van der Waals surface area contributed by atoms with Gasteiger partial charge in [0.2, 0.25) is 20.0 Å². The molecular formula is C28H33FN2O7S2. The fourth-order valence-electron chi connectivity index (χ4n) is 4.57. The summed E-state index contributed by atoms with van der Waals surface area (Å²) in [4.78, 5) is -0.0493. The molecular weight excluding hydrogens is 559 g/mol. The second-order valence-electron chi connectivity index (χ2n) is 9.87. The Bertz CT molecular complexity index is 1560. The van der Waals surface area contributed by atoms with Gasteiger partial charge in [0.1, 0.15) is 28.3 Å². The molecule has 0 spiro atoms. The Labute approximate surface area is 234 Å². The lowest BCUT2D eigenvalue weighted by atomic mass is 10.0. The first-order valence-corrected chi connectivity index (χ1v) is 15.6. The van der Waals surface area contributed by atoms with Crippen LogP contribution in [0.4, 0.5) is 4.39 Å². The Hall–Kier alpha value is -3.03. The minimum atomic E-state index is -4.09. The molecule has 3 atom stereocenters. The molecule has 0 saturated heterocycles. The third-order valence-corrected chi connectivity index (χ3v) is 10.9. The lowest BCUT2D eigenvalue weighted by Crippen LogP contribution is -2.50. The topological polar surface area (TPSA) is 113 Å². The highest BCUT2D eigenvalue weighted by molar-refractivity contribution is 7.89. The first kappa shape index (κ1) is 29.9. The van der Waals surface area contributed by atoms with Gasteiger partial charge in [-0.2, -0.15) is 8.61 Å². The van der Waals surface area contributed by atoms with Gasteiger partial charge in [-0.15, -0.1) is 0 Å². The van der Waals surface area contributed by atoms with Crippen molar-refractivity contribution >= 4 is 20.0 Å². The molecule has 0 aromatic heterocycles. The number of likely N-dealkylation sites (N-methyl/N-ethyl adjacent to an activating group) is 1. The number of sulfonamides is 2. The maximum Gasteiger partial charge on any atom is 0.247 e. The maximum absolute atomic E-state index is 13.9. The highest BCUT2D eigenvalue weighted by atomic mass is 32.2. The molecule has 1 aliphatic rings. The van der Waals surface area contributed by atoms with E-state index in [0.717, 1.165) is 0 Å². The van der Waals surface area contributed by atoms with E-state index in [1.807, 2.05) is 0 Å². The molecule has 1 heterocycles. The largest absolute Gasteiger partial charge is 0.497 e. The molecule has 4 rings (SSSR count). The molecule has 9 nitrogen and oxygen atoms in total. The van der Waals surface area contributed by atoms with Crippen molar-refractivity contribution in [2.45, 2.75) is 35.8 Å². The second-order valence-corrected chi connectivity index (χ2v) is 13.8. The highest BCUT2D eigenvalue weighted by Crippen LogP contribution is 2.37. The number of aliphatic hydroxyl groups is 1. The van der Waals surface area contributed by atoms with Crippen LogP contribution < -0.4 is 9.47 Å². The number of fused-ring (bicyclic) bond motifs is 1. The van der Waals surface area contributed by atoms with Crippen LogP contribution in [0.3, 0.4) is 0 Å². The number of methoxy groups -OCH3 is 1. The maximum atomic E-state index is 13.9. The van der Waals surface area contributed by atoms with Gasteiger partial charge in [0.05, 0.1) is 25.2 Å². The Morgan fingerprint density at radius 2 is 1.80 bits per heavy atom. The first-order valence-electron chi connectivity index (χ1n) is 12.7. The average Bonchev–Trinajstić information content (AvgIpc) is 2.94. The fraction of sp³-hybridized carbons (Fsp3) is 0.357. The van der Waals surface area contributed by atoms with E-state index in [0.29, 0.717) is 16.9 Å². The summed E-state index contributed by atoms with van der Waals surface area (Å²) < 4.78 is 81.9. The summed E-state index contributed by atoms with van der Waals surface area (Å²) in [5.74, 6) is -0.381. The van der Waals surface area contributed by atoms with Gasteiger partial charge in [-0.25, -0.2) is 21.2 Å². The standard InChI is InChI=1S/C28H33FN2O7S2/c1-19-16-31(20(2)18-32)40(35,36)28-13-8-22(21-6-5-7-23(29)14-21)15-26(28)38-27(19)17-30(3)39(33,34)25-11-9-24(37-4)10-12-25/h5-15,19-20,27,32H,16-18H2,1-4H3/t19-,20-,27+/m0/s1. The molecule has 0 amide bonds. The minimum Gasteiger partial charge on any atom is -0.497 e. The van der Waals surface area contributed by atoms with Crippen molar-refractivity contribution < 1.29 is 35.8 Å². The van der Waals surface area contributed by atoms with Crippen LogP contribution in [0.5, 0.6) is 11.5 Å². The Kier molecular flexibility index (Phi) is 8.86. The quantitative estimate of drug-likeness (QED) is 0.425. The third-order valence-electron chi connectivity index (χ3n) is 7.03. The summed E-state index contributed by atoms with van der Waals surface area (Å²) in [7, 11) is -5.09. The number of aliphatic hydroxyl groups excluding tert-OH is 1. The van der Waals surface area contributed by atoms with Crippen molar-refractivity contribution in [1.82, 2.24) is 8.61 Å². The summed E-state index contributed by atoms with van der Waals surface area (Å²) in [6.45, 7) is 2.88. The number of hydrogen-bond donors (Lipinski definition) is 1. The highest BCUT2D eigenvalue weighted by Gasteiger charge is 2.39. The predicted molar refractivity (Wildman–Crippen MR) is 149 cm³/mol. The first-order chi connectivity index (χ1) is 18.9. The van der Waals surface area contributed by atoms with Crippen LogP contribution in [0.2, 0.25) is 0 Å². The molecule has 3 aromatic carbocycles. The normalized spacial score (nSPS) is 20.2. The van der Waals surface area contributed by atoms with Gasteiger partial charge >= 0.3 is 0 Å². The molecule has 1 aliphatic heterocycles. The monoisotopic (exact) mass is 592 g/mol. The van der Waals surface area contributed by atoms with Gasteiger partial charge in [-0.1, -0.05) is 25.1 Å². The SMILES string of the molecule is COc1ccc(S(=O)(=O)N(C)C[C@H]2Oc3cc(-c4cccc(F)c4)ccc3S(=O)(=O)N([C@@H](C)CO)C[C@@H]2C)cc1.